The lowest BCUT2D eigenvalue weighted by Gasteiger charge is -2.14. The molecule has 0 N–H and O–H groups in total. The Morgan fingerprint density at radius 1 is 1.39 bits per heavy atom. The molecule has 0 aliphatic rings. The van der Waals surface area contributed by atoms with Crippen molar-refractivity contribution in [2.75, 3.05) is 6.61 Å². The van der Waals surface area contributed by atoms with Crippen LogP contribution in [0.3, 0.4) is 0 Å². The van der Waals surface area contributed by atoms with E-state index in [0.29, 0.717) is 11.7 Å². The van der Waals surface area contributed by atoms with Gasteiger partial charge in [-0.2, -0.15) is 0 Å². The van der Waals surface area contributed by atoms with Crippen LogP contribution in [0.2, 0.25) is 0 Å². The van der Waals surface area contributed by atoms with E-state index in [9.17, 15) is 4.79 Å². The Bertz CT molecular complexity index is 410. The highest BCUT2D eigenvalue weighted by Crippen LogP contribution is 2.21. The Morgan fingerprint density at radius 3 is 2.72 bits per heavy atom. The third-order valence-electron chi connectivity index (χ3n) is 2.51. The molecule has 3 heteroatoms. The number of benzene rings is 1. The number of esters is 1. The summed E-state index contributed by atoms with van der Waals surface area (Å²) in [6.07, 6.45) is 0.914. The summed E-state index contributed by atoms with van der Waals surface area (Å²) in [7, 11) is 0. The zero-order chi connectivity index (χ0) is 13.5. The van der Waals surface area contributed by atoms with Crippen molar-refractivity contribution in [3.8, 4) is 5.75 Å². The molecule has 18 heavy (non-hydrogen) atoms. The lowest BCUT2D eigenvalue weighted by Crippen LogP contribution is -2.26. The van der Waals surface area contributed by atoms with Crippen molar-refractivity contribution in [2.45, 2.75) is 32.8 Å². The van der Waals surface area contributed by atoms with Gasteiger partial charge in [-0.3, -0.25) is 0 Å². The van der Waals surface area contributed by atoms with Crippen molar-refractivity contribution >= 4 is 5.97 Å². The van der Waals surface area contributed by atoms with E-state index in [4.69, 9.17) is 9.47 Å². The molecule has 0 saturated heterocycles. The molecular weight excluding hydrogens is 228 g/mol. The normalized spacial score (nSPS) is 12.0. The second-order valence-electron chi connectivity index (χ2n) is 4.41. The average Bonchev–Trinajstić information content (AvgIpc) is 2.36. The van der Waals surface area contributed by atoms with E-state index in [1.165, 1.54) is 11.6 Å². The molecule has 0 aromatic heterocycles. The summed E-state index contributed by atoms with van der Waals surface area (Å²) in [6.45, 7) is 9.59. The van der Waals surface area contributed by atoms with Gasteiger partial charge in [-0.1, -0.05) is 38.6 Å². The van der Waals surface area contributed by atoms with Crippen LogP contribution in [0.25, 0.3) is 0 Å². The highest BCUT2D eigenvalue weighted by molar-refractivity contribution is 5.74. The fourth-order valence-corrected chi connectivity index (χ4v) is 1.46. The Kier molecular flexibility index (Phi) is 5.43. The third-order valence-corrected chi connectivity index (χ3v) is 2.51. The fourth-order valence-electron chi connectivity index (χ4n) is 1.46. The molecule has 0 spiro atoms. The number of hydrogen-bond donors (Lipinski definition) is 0. The topological polar surface area (TPSA) is 35.5 Å². The fraction of sp³-hybridized carbons (Fsp3) is 0.400. The molecule has 0 amide bonds. The predicted molar refractivity (Wildman–Crippen MR) is 71.8 cm³/mol. The molecule has 1 rings (SSSR count). The molecule has 0 aliphatic carbocycles. The van der Waals surface area contributed by atoms with Gasteiger partial charge in [0.05, 0.1) is 0 Å². The van der Waals surface area contributed by atoms with Gasteiger partial charge in [-0.05, 0) is 30.5 Å². The SMILES string of the molecule is C=CCOC(=O)C(C)Oc1cccc(C(C)C)c1. The zero-order valence-corrected chi connectivity index (χ0v) is 11.2. The molecule has 0 heterocycles. The van der Waals surface area contributed by atoms with Crippen LogP contribution in [0, 0.1) is 0 Å². The molecule has 0 saturated carbocycles. The first-order valence-electron chi connectivity index (χ1n) is 6.08. The van der Waals surface area contributed by atoms with Crippen molar-refractivity contribution in [3.05, 3.63) is 42.5 Å². The minimum absolute atomic E-state index is 0.207. The Morgan fingerprint density at radius 2 is 2.11 bits per heavy atom. The quantitative estimate of drug-likeness (QED) is 0.572. The van der Waals surface area contributed by atoms with E-state index in [0.717, 1.165) is 0 Å². The summed E-state index contributed by atoms with van der Waals surface area (Å²) in [5.41, 5.74) is 1.18. The van der Waals surface area contributed by atoms with Gasteiger partial charge in [0.1, 0.15) is 12.4 Å². The standard InChI is InChI=1S/C15H20O3/c1-5-9-17-15(16)12(4)18-14-8-6-7-13(10-14)11(2)3/h5-8,10-12H,1,9H2,2-4H3. The molecule has 1 aromatic carbocycles. The van der Waals surface area contributed by atoms with Crippen molar-refractivity contribution in [3.63, 3.8) is 0 Å². The van der Waals surface area contributed by atoms with Gasteiger partial charge in [-0.15, -0.1) is 0 Å². The van der Waals surface area contributed by atoms with Gasteiger partial charge in [0.25, 0.3) is 0 Å². The van der Waals surface area contributed by atoms with E-state index >= 15 is 0 Å². The second kappa shape index (κ2) is 6.84. The van der Waals surface area contributed by atoms with Gasteiger partial charge in [0.2, 0.25) is 0 Å². The largest absolute Gasteiger partial charge is 0.479 e. The third kappa shape index (κ3) is 4.24. The van der Waals surface area contributed by atoms with Crippen molar-refractivity contribution in [1.82, 2.24) is 0 Å². The summed E-state index contributed by atoms with van der Waals surface area (Å²) in [4.78, 5) is 11.5. The highest BCUT2D eigenvalue weighted by atomic mass is 16.6. The van der Waals surface area contributed by atoms with E-state index in [2.05, 4.69) is 20.4 Å². The van der Waals surface area contributed by atoms with Gasteiger partial charge in [0.15, 0.2) is 6.10 Å². The Hall–Kier alpha value is -1.77. The molecular formula is C15H20O3. The second-order valence-corrected chi connectivity index (χ2v) is 4.41. The van der Waals surface area contributed by atoms with E-state index in [1.54, 1.807) is 6.92 Å². The molecule has 0 radical (unpaired) electrons. The van der Waals surface area contributed by atoms with Crippen LogP contribution in [-0.2, 0) is 9.53 Å². The van der Waals surface area contributed by atoms with Gasteiger partial charge in [0, 0.05) is 0 Å². The highest BCUT2D eigenvalue weighted by Gasteiger charge is 2.16. The minimum Gasteiger partial charge on any atom is -0.479 e. The van der Waals surface area contributed by atoms with Crippen molar-refractivity contribution in [2.24, 2.45) is 0 Å². The number of carbonyl (C=O) groups excluding carboxylic acids is 1. The first-order valence-corrected chi connectivity index (χ1v) is 6.08. The Balaban J connectivity index is 2.63. The molecule has 1 unspecified atom stereocenters. The van der Waals surface area contributed by atoms with E-state index in [1.807, 2.05) is 24.3 Å². The van der Waals surface area contributed by atoms with E-state index in [-0.39, 0.29) is 12.6 Å². The number of ether oxygens (including phenoxy) is 2. The number of hydrogen-bond acceptors (Lipinski definition) is 3. The minimum atomic E-state index is -0.618. The molecule has 0 aliphatic heterocycles. The molecule has 98 valence electrons. The predicted octanol–water partition coefficient (Wildman–Crippen LogP) is 3.31. The first-order chi connectivity index (χ1) is 8.54. The number of carbonyl (C=O) groups is 1. The maximum absolute atomic E-state index is 11.5. The lowest BCUT2D eigenvalue weighted by atomic mass is 10.0. The summed E-state index contributed by atoms with van der Waals surface area (Å²) in [5, 5.41) is 0. The van der Waals surface area contributed by atoms with Crippen LogP contribution < -0.4 is 4.74 Å². The van der Waals surface area contributed by atoms with Crippen LogP contribution in [0.4, 0.5) is 0 Å². The van der Waals surface area contributed by atoms with Crippen molar-refractivity contribution < 1.29 is 14.3 Å². The maximum Gasteiger partial charge on any atom is 0.347 e. The molecule has 0 fully saturated rings. The zero-order valence-electron chi connectivity index (χ0n) is 11.2. The molecule has 1 aromatic rings. The van der Waals surface area contributed by atoms with Gasteiger partial charge in [-0.25, -0.2) is 4.79 Å². The smallest absolute Gasteiger partial charge is 0.347 e. The van der Waals surface area contributed by atoms with E-state index < -0.39 is 6.10 Å². The number of rotatable bonds is 6. The summed E-state index contributed by atoms with van der Waals surface area (Å²) in [6, 6.07) is 7.75. The monoisotopic (exact) mass is 248 g/mol. The van der Waals surface area contributed by atoms with Gasteiger partial charge < -0.3 is 9.47 Å². The van der Waals surface area contributed by atoms with Gasteiger partial charge >= 0.3 is 5.97 Å². The van der Waals surface area contributed by atoms with Crippen molar-refractivity contribution in [1.29, 1.82) is 0 Å². The molecule has 1 atom stereocenters. The summed E-state index contributed by atoms with van der Waals surface area (Å²) >= 11 is 0. The van der Waals surface area contributed by atoms with Crippen LogP contribution in [0.1, 0.15) is 32.3 Å². The summed E-state index contributed by atoms with van der Waals surface area (Å²) in [5.74, 6) is 0.727. The molecule has 3 nitrogen and oxygen atoms in total. The average molecular weight is 248 g/mol. The van der Waals surface area contributed by atoms with Crippen LogP contribution in [0.5, 0.6) is 5.75 Å². The lowest BCUT2D eigenvalue weighted by molar-refractivity contribution is -0.149. The van der Waals surface area contributed by atoms with Crippen LogP contribution in [0.15, 0.2) is 36.9 Å². The van der Waals surface area contributed by atoms with Crippen LogP contribution in [-0.4, -0.2) is 18.7 Å². The summed E-state index contributed by atoms with van der Waals surface area (Å²) < 4.78 is 10.5. The maximum atomic E-state index is 11.5. The first kappa shape index (κ1) is 14.3. The Labute approximate surface area is 108 Å². The molecule has 0 bridgehead atoms. The van der Waals surface area contributed by atoms with Crippen LogP contribution >= 0.6 is 0 Å².